The molecule has 178 valence electrons. The van der Waals surface area contributed by atoms with Gasteiger partial charge in [0.25, 0.3) is 5.56 Å². The maximum Gasteiger partial charge on any atom is 1.00 e. The smallest absolute Gasteiger partial charge is 0.822 e. The van der Waals surface area contributed by atoms with Gasteiger partial charge in [-0.3, -0.25) is 14.8 Å². The summed E-state index contributed by atoms with van der Waals surface area (Å²) in [5.74, 6) is 0.129. The number of H-pyrrole nitrogens is 2. The van der Waals surface area contributed by atoms with Crippen LogP contribution in [0.2, 0.25) is 0 Å². The number of β-amino-alcohol motifs (C(OH)–C–C–N with tert-alkyl or cyclic N) is 1. The maximum atomic E-state index is 12.2. The number of fused-ring (bicyclic) bond motifs is 2. The second kappa shape index (κ2) is 11.7. The summed E-state index contributed by atoms with van der Waals surface area (Å²) < 4.78 is 8.55. The molecule has 0 bridgehead atoms. The van der Waals surface area contributed by atoms with E-state index in [9.17, 15) is 24.9 Å². The number of aromatic amines is 2. The zero-order valence-electron chi connectivity index (χ0n) is 17.9. The summed E-state index contributed by atoms with van der Waals surface area (Å²) in [6.07, 6.45) is -4.60. The van der Waals surface area contributed by atoms with Gasteiger partial charge in [-0.1, -0.05) is 0 Å². The van der Waals surface area contributed by atoms with Crippen molar-refractivity contribution in [3.8, 4) is 0 Å². The summed E-state index contributed by atoms with van der Waals surface area (Å²) >= 11 is 0. The van der Waals surface area contributed by atoms with E-state index in [1.54, 1.807) is 0 Å². The molecule has 0 spiro atoms. The Morgan fingerprint density at radius 1 is 1.03 bits per heavy atom. The number of anilines is 4. The fraction of sp³-hybridized carbons (Fsp3) is 0.412. The molecule has 2 aromatic rings. The molecule has 1 aliphatic heterocycles. The van der Waals surface area contributed by atoms with Gasteiger partial charge in [-0.2, -0.15) is 7.82 Å². The van der Waals surface area contributed by atoms with Crippen molar-refractivity contribution in [1.82, 2.24) is 9.97 Å². The number of nitrogens with zero attached hydrogens (tertiary/aromatic N) is 1. The Morgan fingerprint density at radius 2 is 1.58 bits per heavy atom. The van der Waals surface area contributed by atoms with E-state index in [0.717, 1.165) is 11.1 Å². The molecule has 0 aliphatic carbocycles. The van der Waals surface area contributed by atoms with Crippen molar-refractivity contribution in [2.75, 3.05) is 23.4 Å². The van der Waals surface area contributed by atoms with Crippen LogP contribution >= 0.6 is 7.82 Å². The molecule has 16 heteroatoms. The van der Waals surface area contributed by atoms with Crippen molar-refractivity contribution in [1.29, 1.82) is 0 Å². The van der Waals surface area contributed by atoms with Crippen molar-refractivity contribution in [3.63, 3.8) is 0 Å². The first-order valence-corrected chi connectivity index (χ1v) is 10.6. The van der Waals surface area contributed by atoms with Crippen molar-refractivity contribution < 1.29 is 69.2 Å². The summed E-state index contributed by atoms with van der Waals surface area (Å²) in [5, 5.41) is 41.8. The number of nitrogens with one attached hydrogen (secondary N) is 3. The second-order valence-electron chi connectivity index (χ2n) is 7.08. The number of aliphatic hydroxyl groups excluding tert-OH is 4. The SMILES string of the molecule is Cc1cc2c(cc1C)N(CC(O)C(O)C(O)CO)c1[nH]c(=O)[nH]c(=O)c1N2.O=P([O-])([O-])[O-].[Na+]. The Kier molecular flexibility index (Phi) is 10.5. The zero-order valence-corrected chi connectivity index (χ0v) is 20.8. The standard InChI is InChI=1S/C17H22N4O6.Na.H3O4P/c1-7-3-9-10(4-8(7)2)21(5-11(23)14(25)12(24)6-22)15-13(18-9)16(26)20-17(27)19-15;;1-5(2,3)4/h3-4,11-12,14,18,22-25H,5-6H2,1-2H3,(H2,19,20,26,27);;(H3,1,2,3,4)/q;+1;/p-3. The molecule has 1 aromatic carbocycles. The monoisotopic (exact) mass is 496 g/mol. The number of aryl methyl sites for hydroxylation is 2. The first-order chi connectivity index (χ1) is 14.7. The topological polar surface area (TPSA) is 248 Å². The van der Waals surface area contributed by atoms with E-state index >= 15 is 0 Å². The molecule has 1 aromatic heterocycles. The van der Waals surface area contributed by atoms with E-state index in [2.05, 4.69) is 15.3 Å². The van der Waals surface area contributed by atoms with Crippen molar-refractivity contribution in [3.05, 3.63) is 44.1 Å². The summed E-state index contributed by atoms with van der Waals surface area (Å²) in [6, 6.07) is 3.65. The van der Waals surface area contributed by atoms with Crippen LogP contribution in [-0.2, 0) is 4.57 Å². The van der Waals surface area contributed by atoms with E-state index < -0.39 is 44.0 Å². The predicted octanol–water partition coefficient (Wildman–Crippen LogP) is -6.87. The number of aromatic nitrogens is 2. The predicted molar refractivity (Wildman–Crippen MR) is 107 cm³/mol. The third-order valence-corrected chi connectivity index (χ3v) is 4.70. The molecule has 3 unspecified atom stereocenters. The Hall–Kier alpha value is -1.55. The minimum atomic E-state index is -5.39. The number of hydrogen-bond donors (Lipinski definition) is 7. The number of rotatable bonds is 5. The minimum absolute atomic E-state index is 0. The fourth-order valence-electron chi connectivity index (χ4n) is 3.02. The van der Waals surface area contributed by atoms with Crippen LogP contribution in [0.4, 0.5) is 22.9 Å². The molecule has 3 rings (SSSR count). The number of hydrogen-bond acceptors (Lipinski definition) is 12. The van der Waals surface area contributed by atoms with Gasteiger partial charge in [0.2, 0.25) is 0 Å². The van der Waals surface area contributed by atoms with Crippen LogP contribution in [-0.4, -0.2) is 61.9 Å². The van der Waals surface area contributed by atoms with Crippen LogP contribution in [0, 0.1) is 13.8 Å². The largest absolute Gasteiger partial charge is 1.00 e. The number of phosphoric acid groups is 1. The molecule has 7 N–H and O–H groups in total. The Morgan fingerprint density at radius 3 is 2.12 bits per heavy atom. The van der Waals surface area contributed by atoms with Crippen LogP contribution in [0.5, 0.6) is 0 Å². The van der Waals surface area contributed by atoms with Crippen molar-refractivity contribution in [2.45, 2.75) is 32.2 Å². The van der Waals surface area contributed by atoms with Crippen LogP contribution in [0.3, 0.4) is 0 Å². The van der Waals surface area contributed by atoms with Gasteiger partial charge in [0.05, 0.1) is 24.5 Å². The maximum absolute atomic E-state index is 12.2. The first kappa shape index (κ1) is 29.5. The van der Waals surface area contributed by atoms with Crippen LogP contribution in [0.25, 0.3) is 0 Å². The van der Waals surface area contributed by atoms with Crippen molar-refractivity contribution >= 4 is 30.7 Å². The van der Waals surface area contributed by atoms with E-state index in [-0.39, 0.29) is 47.6 Å². The molecule has 1 aliphatic rings. The minimum Gasteiger partial charge on any atom is -0.822 e. The van der Waals surface area contributed by atoms with Crippen LogP contribution < -0.4 is 65.7 Å². The molecule has 0 radical (unpaired) electrons. The Balaban J connectivity index is 0.000000821. The molecule has 33 heavy (non-hydrogen) atoms. The molecule has 0 saturated heterocycles. The third-order valence-electron chi connectivity index (χ3n) is 4.70. The quantitative estimate of drug-likeness (QED) is 0.151. The molecule has 0 fully saturated rings. The van der Waals surface area contributed by atoms with E-state index in [4.69, 9.17) is 24.4 Å². The summed E-state index contributed by atoms with van der Waals surface area (Å²) in [4.78, 5) is 55.8. The zero-order chi connectivity index (χ0) is 24.4. The van der Waals surface area contributed by atoms with Gasteiger partial charge in [-0.05, 0) is 37.1 Å². The summed E-state index contributed by atoms with van der Waals surface area (Å²) in [5.41, 5.74) is 1.83. The van der Waals surface area contributed by atoms with Crippen LogP contribution in [0.1, 0.15) is 11.1 Å². The first-order valence-electron chi connectivity index (χ1n) is 9.13. The molecule has 14 nitrogen and oxygen atoms in total. The summed E-state index contributed by atoms with van der Waals surface area (Å²) in [7, 11) is -5.39. The van der Waals surface area contributed by atoms with Gasteiger partial charge in [-0.15, -0.1) is 0 Å². The van der Waals surface area contributed by atoms with Gasteiger partial charge in [0.1, 0.15) is 29.8 Å². The normalized spacial score (nSPS) is 15.0. The second-order valence-corrected chi connectivity index (χ2v) is 7.97. The van der Waals surface area contributed by atoms with Crippen molar-refractivity contribution in [2.24, 2.45) is 0 Å². The van der Waals surface area contributed by atoms with Crippen LogP contribution in [0.15, 0.2) is 21.7 Å². The van der Waals surface area contributed by atoms with Gasteiger partial charge in [0, 0.05) is 0 Å². The fourth-order valence-corrected chi connectivity index (χ4v) is 3.02. The summed E-state index contributed by atoms with van der Waals surface area (Å²) in [6.45, 7) is 2.85. The molecule has 2 heterocycles. The van der Waals surface area contributed by atoms with E-state index in [1.165, 1.54) is 4.90 Å². The molecular formula is C17H22N4NaO10P-2. The van der Waals surface area contributed by atoms with E-state index in [0.29, 0.717) is 11.4 Å². The third kappa shape index (κ3) is 7.73. The van der Waals surface area contributed by atoms with E-state index in [1.807, 2.05) is 26.0 Å². The molecule has 0 amide bonds. The van der Waals surface area contributed by atoms with Gasteiger partial charge < -0.3 is 49.9 Å². The molecule has 3 atom stereocenters. The van der Waals surface area contributed by atoms with Gasteiger partial charge in [-0.25, -0.2) is 4.79 Å². The Bertz CT molecular complexity index is 1130. The molecular weight excluding hydrogens is 474 g/mol. The average Bonchev–Trinajstić information content (AvgIpc) is 2.67. The average molecular weight is 496 g/mol. The Labute approximate surface area is 209 Å². The van der Waals surface area contributed by atoms with Gasteiger partial charge >= 0.3 is 35.2 Å². The van der Waals surface area contributed by atoms with Gasteiger partial charge in [0.15, 0.2) is 0 Å². The number of aliphatic hydroxyl groups is 4. The number of benzene rings is 1. The molecule has 0 saturated carbocycles.